The number of amides is 1. The average Bonchev–Trinajstić information content (AvgIpc) is 3.14. The molecule has 1 amide bonds. The molecule has 0 radical (unpaired) electrons. The van der Waals surface area contributed by atoms with E-state index >= 15 is 0 Å². The standard InChI is InChI=1S/C47H91NO4/c1-3-5-7-9-11-13-15-17-18-19-20-21-22-23-24-25-26-27-29-31-33-35-37-39-41-46(51)45(43-49)48-47(52)42-44(50)40-38-36-34-32-30-28-16-14-12-10-8-6-4-2/h31,33,39,41,44-46,49-51H,3-30,32,34-38,40,42-43H2,1-2H3,(H,48,52)/b33-31+,41-39+. The number of hydrogen-bond acceptors (Lipinski definition) is 4. The molecule has 52 heavy (non-hydrogen) atoms. The number of rotatable bonds is 42. The van der Waals surface area contributed by atoms with Gasteiger partial charge in [-0.3, -0.25) is 4.79 Å². The highest BCUT2D eigenvalue weighted by Crippen LogP contribution is 2.16. The van der Waals surface area contributed by atoms with Gasteiger partial charge in [0.1, 0.15) is 0 Å². The lowest BCUT2D eigenvalue weighted by Crippen LogP contribution is -2.45. The van der Waals surface area contributed by atoms with Crippen molar-refractivity contribution in [3.05, 3.63) is 24.3 Å². The Labute approximate surface area is 324 Å². The maximum Gasteiger partial charge on any atom is 0.222 e. The van der Waals surface area contributed by atoms with Crippen LogP contribution in [0.2, 0.25) is 0 Å². The number of unbranched alkanes of at least 4 members (excludes halogenated alkanes) is 31. The largest absolute Gasteiger partial charge is 0.394 e. The fourth-order valence-electron chi connectivity index (χ4n) is 7.18. The van der Waals surface area contributed by atoms with Gasteiger partial charge in [-0.2, -0.15) is 0 Å². The van der Waals surface area contributed by atoms with E-state index in [-0.39, 0.29) is 18.9 Å². The third-order valence-corrected chi connectivity index (χ3v) is 10.7. The van der Waals surface area contributed by atoms with Crippen molar-refractivity contribution in [1.29, 1.82) is 0 Å². The van der Waals surface area contributed by atoms with Crippen LogP contribution < -0.4 is 5.32 Å². The first-order chi connectivity index (χ1) is 25.5. The molecule has 0 saturated heterocycles. The Kier molecular flexibility index (Phi) is 41.6. The van der Waals surface area contributed by atoms with Gasteiger partial charge in [0.2, 0.25) is 5.91 Å². The molecule has 0 spiro atoms. The van der Waals surface area contributed by atoms with E-state index in [1.165, 1.54) is 186 Å². The van der Waals surface area contributed by atoms with Gasteiger partial charge < -0.3 is 20.6 Å². The van der Waals surface area contributed by atoms with E-state index in [0.717, 1.165) is 32.1 Å². The Morgan fingerprint density at radius 2 is 0.827 bits per heavy atom. The third kappa shape index (κ3) is 38.6. The van der Waals surface area contributed by atoms with E-state index in [1.807, 2.05) is 6.08 Å². The molecule has 0 aliphatic heterocycles. The van der Waals surface area contributed by atoms with Crippen LogP contribution in [0.25, 0.3) is 0 Å². The van der Waals surface area contributed by atoms with Crippen LogP contribution in [0.15, 0.2) is 24.3 Å². The van der Waals surface area contributed by atoms with Gasteiger partial charge in [0.25, 0.3) is 0 Å². The second kappa shape index (κ2) is 42.6. The van der Waals surface area contributed by atoms with Gasteiger partial charge >= 0.3 is 0 Å². The molecule has 0 heterocycles. The number of carbonyl (C=O) groups excluding carboxylic acids is 1. The zero-order valence-corrected chi connectivity index (χ0v) is 35.0. The van der Waals surface area contributed by atoms with Crippen molar-refractivity contribution in [1.82, 2.24) is 5.32 Å². The van der Waals surface area contributed by atoms with Gasteiger partial charge in [0, 0.05) is 0 Å². The van der Waals surface area contributed by atoms with Crippen LogP contribution in [-0.2, 0) is 4.79 Å². The number of nitrogens with one attached hydrogen (secondary N) is 1. The molecule has 5 nitrogen and oxygen atoms in total. The zero-order valence-electron chi connectivity index (χ0n) is 35.0. The molecular formula is C47H91NO4. The highest BCUT2D eigenvalue weighted by atomic mass is 16.3. The summed E-state index contributed by atoms with van der Waals surface area (Å²) >= 11 is 0. The molecule has 0 rings (SSSR count). The summed E-state index contributed by atoms with van der Waals surface area (Å²) in [5.41, 5.74) is 0. The molecule has 0 aliphatic rings. The van der Waals surface area contributed by atoms with Crippen LogP contribution >= 0.6 is 0 Å². The second-order valence-electron chi connectivity index (χ2n) is 16.0. The highest BCUT2D eigenvalue weighted by molar-refractivity contribution is 5.76. The van der Waals surface area contributed by atoms with Crippen LogP contribution in [0.4, 0.5) is 0 Å². The second-order valence-corrected chi connectivity index (χ2v) is 16.0. The highest BCUT2D eigenvalue weighted by Gasteiger charge is 2.20. The Morgan fingerprint density at radius 3 is 1.23 bits per heavy atom. The molecule has 4 N–H and O–H groups in total. The van der Waals surface area contributed by atoms with Crippen molar-refractivity contribution in [3.63, 3.8) is 0 Å². The third-order valence-electron chi connectivity index (χ3n) is 10.7. The Hall–Kier alpha value is -1.17. The summed E-state index contributed by atoms with van der Waals surface area (Å²) in [6.07, 6.45) is 51.9. The number of aliphatic hydroxyl groups is 3. The molecule has 0 aromatic heterocycles. The predicted molar refractivity (Wildman–Crippen MR) is 227 cm³/mol. The number of carbonyl (C=O) groups is 1. The minimum Gasteiger partial charge on any atom is -0.394 e. The number of allylic oxidation sites excluding steroid dienone is 3. The summed E-state index contributed by atoms with van der Waals surface area (Å²) in [5, 5.41) is 33.2. The van der Waals surface area contributed by atoms with Crippen LogP contribution in [0, 0.1) is 0 Å². The van der Waals surface area contributed by atoms with Crippen molar-refractivity contribution in [3.8, 4) is 0 Å². The Morgan fingerprint density at radius 1 is 0.481 bits per heavy atom. The van der Waals surface area contributed by atoms with E-state index < -0.39 is 18.2 Å². The lowest BCUT2D eigenvalue weighted by atomic mass is 10.0. The van der Waals surface area contributed by atoms with E-state index in [0.29, 0.717) is 6.42 Å². The lowest BCUT2D eigenvalue weighted by molar-refractivity contribution is -0.124. The quantitative estimate of drug-likeness (QED) is 0.0371. The first-order valence-electron chi connectivity index (χ1n) is 23.1. The summed E-state index contributed by atoms with van der Waals surface area (Å²) in [7, 11) is 0. The summed E-state index contributed by atoms with van der Waals surface area (Å²) < 4.78 is 0. The van der Waals surface area contributed by atoms with Crippen LogP contribution in [0.3, 0.4) is 0 Å². The normalized spacial score (nSPS) is 13.7. The molecule has 0 bridgehead atoms. The van der Waals surface area contributed by atoms with Crippen molar-refractivity contribution in [2.24, 2.45) is 0 Å². The van der Waals surface area contributed by atoms with Crippen molar-refractivity contribution < 1.29 is 20.1 Å². The molecule has 308 valence electrons. The Bertz CT molecular complexity index is 768. The van der Waals surface area contributed by atoms with Crippen molar-refractivity contribution >= 4 is 5.91 Å². The SMILES string of the molecule is CCCCCCCCCCCCCCCCCCCC/C=C/CC/C=C/C(O)C(CO)NC(=O)CC(O)CCCCCCCCCCCCCCC. The van der Waals surface area contributed by atoms with Gasteiger partial charge in [-0.1, -0.05) is 231 Å². The smallest absolute Gasteiger partial charge is 0.222 e. The summed E-state index contributed by atoms with van der Waals surface area (Å²) in [6.45, 7) is 4.21. The molecule has 0 fully saturated rings. The van der Waals surface area contributed by atoms with Crippen LogP contribution in [-0.4, -0.2) is 46.1 Å². The minimum atomic E-state index is -0.948. The summed E-state index contributed by atoms with van der Waals surface area (Å²) in [4.78, 5) is 12.4. The monoisotopic (exact) mass is 734 g/mol. The maximum atomic E-state index is 12.4. The molecule has 0 aromatic rings. The van der Waals surface area contributed by atoms with Gasteiger partial charge in [0.05, 0.1) is 31.3 Å². The molecule has 3 unspecified atom stereocenters. The van der Waals surface area contributed by atoms with Gasteiger partial charge in [-0.15, -0.1) is 0 Å². The average molecular weight is 734 g/mol. The fourth-order valence-corrected chi connectivity index (χ4v) is 7.18. The van der Waals surface area contributed by atoms with Crippen LogP contribution in [0.5, 0.6) is 0 Å². The van der Waals surface area contributed by atoms with Gasteiger partial charge in [-0.05, 0) is 32.1 Å². The molecule has 0 aliphatic carbocycles. The molecule has 5 heteroatoms. The molecule has 0 aromatic carbocycles. The fraction of sp³-hybridized carbons (Fsp3) is 0.894. The van der Waals surface area contributed by atoms with Crippen molar-refractivity contribution in [2.75, 3.05) is 6.61 Å². The number of aliphatic hydroxyl groups excluding tert-OH is 3. The lowest BCUT2D eigenvalue weighted by Gasteiger charge is -2.21. The van der Waals surface area contributed by atoms with E-state index in [9.17, 15) is 20.1 Å². The predicted octanol–water partition coefficient (Wildman–Crippen LogP) is 13.4. The van der Waals surface area contributed by atoms with E-state index in [2.05, 4.69) is 31.3 Å². The Balaban J connectivity index is 3.65. The molecular weight excluding hydrogens is 643 g/mol. The first kappa shape index (κ1) is 50.8. The first-order valence-corrected chi connectivity index (χ1v) is 23.1. The van der Waals surface area contributed by atoms with Gasteiger partial charge in [-0.25, -0.2) is 0 Å². The zero-order chi connectivity index (χ0) is 38.0. The summed E-state index contributed by atoms with van der Waals surface area (Å²) in [5.74, 6) is -0.323. The molecule has 0 saturated carbocycles. The van der Waals surface area contributed by atoms with Gasteiger partial charge in [0.15, 0.2) is 0 Å². The number of hydrogen-bond donors (Lipinski definition) is 4. The van der Waals surface area contributed by atoms with E-state index in [4.69, 9.17) is 0 Å². The van der Waals surface area contributed by atoms with E-state index in [1.54, 1.807) is 6.08 Å². The van der Waals surface area contributed by atoms with Crippen LogP contribution in [0.1, 0.15) is 245 Å². The van der Waals surface area contributed by atoms with Crippen molar-refractivity contribution in [2.45, 2.75) is 263 Å². The minimum absolute atomic E-state index is 0.00939. The topological polar surface area (TPSA) is 89.8 Å². The maximum absolute atomic E-state index is 12.4. The molecule has 3 atom stereocenters. The summed E-state index contributed by atoms with van der Waals surface area (Å²) in [6, 6.07) is -0.757.